The number of nitrogens with one attached hydrogen (secondary N) is 1. The molecule has 0 spiro atoms. The molecular formula is C11H20N2. The Morgan fingerprint density at radius 2 is 2.31 bits per heavy atom. The Kier molecular flexibility index (Phi) is 3.02. The molecule has 1 atom stereocenters. The minimum atomic E-state index is 0.615. The van der Waals surface area contributed by atoms with Crippen molar-refractivity contribution in [3.8, 4) is 0 Å². The van der Waals surface area contributed by atoms with Crippen molar-refractivity contribution in [2.45, 2.75) is 40.2 Å². The second-order valence-corrected chi connectivity index (χ2v) is 3.80. The van der Waals surface area contributed by atoms with Gasteiger partial charge in [0.15, 0.2) is 0 Å². The van der Waals surface area contributed by atoms with Crippen LogP contribution in [0.3, 0.4) is 0 Å². The summed E-state index contributed by atoms with van der Waals surface area (Å²) in [6.45, 7) is 13.6. The largest absolute Gasteiger partial charge is 0.366 e. The van der Waals surface area contributed by atoms with Crippen LogP contribution in [0.4, 0.5) is 0 Å². The molecule has 0 radical (unpaired) electrons. The normalized spacial score (nSPS) is 18.9. The van der Waals surface area contributed by atoms with Crippen molar-refractivity contribution in [1.29, 1.82) is 0 Å². The van der Waals surface area contributed by atoms with Crippen LogP contribution in [0.15, 0.2) is 23.5 Å². The van der Waals surface area contributed by atoms with E-state index in [2.05, 4.69) is 37.6 Å². The quantitative estimate of drug-likeness (QED) is 0.717. The van der Waals surface area contributed by atoms with Crippen molar-refractivity contribution < 1.29 is 0 Å². The van der Waals surface area contributed by atoms with E-state index in [0.717, 1.165) is 12.2 Å². The molecular weight excluding hydrogens is 160 g/mol. The second kappa shape index (κ2) is 3.86. The fraction of sp³-hybridized carbons (Fsp3) is 0.636. The van der Waals surface area contributed by atoms with Gasteiger partial charge in [-0.1, -0.05) is 13.5 Å². The molecule has 0 saturated heterocycles. The first-order chi connectivity index (χ1) is 6.07. The van der Waals surface area contributed by atoms with Gasteiger partial charge >= 0.3 is 0 Å². The maximum Gasteiger partial charge on any atom is 0.0877 e. The van der Waals surface area contributed by atoms with E-state index >= 15 is 0 Å². The van der Waals surface area contributed by atoms with Gasteiger partial charge in [0.1, 0.15) is 0 Å². The standard InChI is InChI=1S/C11H20N2/c1-6-9(4)13-7-12-11(8(2)3)10(13)5/h9,12H,2,6-7H2,1,3-5H3. The van der Waals surface area contributed by atoms with E-state index in [1.165, 1.54) is 17.8 Å². The summed E-state index contributed by atoms with van der Waals surface area (Å²) in [6.07, 6.45) is 1.18. The summed E-state index contributed by atoms with van der Waals surface area (Å²) in [7, 11) is 0. The molecule has 13 heavy (non-hydrogen) atoms. The zero-order chi connectivity index (χ0) is 10.0. The lowest BCUT2D eigenvalue weighted by molar-refractivity contribution is 0.276. The number of nitrogens with zero attached hydrogens (tertiary/aromatic N) is 1. The van der Waals surface area contributed by atoms with Crippen LogP contribution in [0.25, 0.3) is 0 Å². The molecule has 0 aliphatic carbocycles. The van der Waals surface area contributed by atoms with E-state index in [-0.39, 0.29) is 0 Å². The maximum absolute atomic E-state index is 3.96. The number of allylic oxidation sites excluding steroid dienone is 2. The minimum Gasteiger partial charge on any atom is -0.366 e. The lowest BCUT2D eigenvalue weighted by atomic mass is 10.2. The summed E-state index contributed by atoms with van der Waals surface area (Å²) in [5.74, 6) is 0. The van der Waals surface area contributed by atoms with Gasteiger partial charge < -0.3 is 10.2 Å². The highest BCUT2D eigenvalue weighted by atomic mass is 15.3. The molecule has 0 aromatic heterocycles. The van der Waals surface area contributed by atoms with E-state index < -0.39 is 0 Å². The van der Waals surface area contributed by atoms with Crippen molar-refractivity contribution in [3.63, 3.8) is 0 Å². The predicted octanol–water partition coefficient (Wildman–Crippen LogP) is 2.46. The third-order valence-electron chi connectivity index (χ3n) is 2.77. The van der Waals surface area contributed by atoms with Gasteiger partial charge in [-0.2, -0.15) is 0 Å². The van der Waals surface area contributed by atoms with Crippen molar-refractivity contribution in [1.82, 2.24) is 10.2 Å². The van der Waals surface area contributed by atoms with Gasteiger partial charge in [0.05, 0.1) is 12.4 Å². The van der Waals surface area contributed by atoms with Gasteiger partial charge in [0.25, 0.3) is 0 Å². The Morgan fingerprint density at radius 1 is 1.69 bits per heavy atom. The number of hydrogen-bond acceptors (Lipinski definition) is 2. The fourth-order valence-electron chi connectivity index (χ4n) is 1.72. The van der Waals surface area contributed by atoms with Gasteiger partial charge in [-0.3, -0.25) is 0 Å². The molecule has 0 aromatic rings. The van der Waals surface area contributed by atoms with Crippen LogP contribution in [-0.2, 0) is 0 Å². The van der Waals surface area contributed by atoms with Crippen LogP contribution in [0, 0.1) is 0 Å². The Morgan fingerprint density at radius 3 is 2.69 bits per heavy atom. The molecule has 1 N–H and O–H groups in total. The molecule has 0 bridgehead atoms. The second-order valence-electron chi connectivity index (χ2n) is 3.80. The van der Waals surface area contributed by atoms with Gasteiger partial charge in [-0.05, 0) is 32.8 Å². The highest BCUT2D eigenvalue weighted by Crippen LogP contribution is 2.22. The first kappa shape index (κ1) is 10.2. The SMILES string of the molecule is C=C(C)C1=C(C)N(C(C)CC)CN1. The predicted molar refractivity (Wildman–Crippen MR) is 57.1 cm³/mol. The monoisotopic (exact) mass is 180 g/mol. The summed E-state index contributed by atoms with van der Waals surface area (Å²) in [5.41, 5.74) is 3.69. The highest BCUT2D eigenvalue weighted by Gasteiger charge is 2.21. The molecule has 1 aliphatic rings. The summed E-state index contributed by atoms with van der Waals surface area (Å²) in [4.78, 5) is 2.39. The van der Waals surface area contributed by atoms with E-state index in [1.807, 2.05) is 6.92 Å². The molecule has 0 fully saturated rings. The zero-order valence-electron chi connectivity index (χ0n) is 9.15. The molecule has 1 rings (SSSR count). The molecule has 2 nitrogen and oxygen atoms in total. The summed E-state index contributed by atoms with van der Waals surface area (Å²) < 4.78 is 0. The average Bonchev–Trinajstić information content (AvgIpc) is 2.46. The van der Waals surface area contributed by atoms with Gasteiger partial charge in [-0.15, -0.1) is 0 Å². The Balaban J connectivity index is 2.79. The fourth-order valence-corrected chi connectivity index (χ4v) is 1.72. The Hall–Kier alpha value is -0.920. The molecule has 0 amide bonds. The van der Waals surface area contributed by atoms with Crippen molar-refractivity contribution in [2.75, 3.05) is 6.67 Å². The smallest absolute Gasteiger partial charge is 0.0877 e. The molecule has 74 valence electrons. The van der Waals surface area contributed by atoms with E-state index in [1.54, 1.807) is 0 Å². The van der Waals surface area contributed by atoms with Gasteiger partial charge in [0.2, 0.25) is 0 Å². The highest BCUT2D eigenvalue weighted by molar-refractivity contribution is 5.31. The lowest BCUT2D eigenvalue weighted by Crippen LogP contribution is -2.31. The topological polar surface area (TPSA) is 15.3 Å². The summed E-state index contributed by atoms with van der Waals surface area (Å²) in [6, 6.07) is 0.615. The van der Waals surface area contributed by atoms with Crippen LogP contribution < -0.4 is 5.32 Å². The van der Waals surface area contributed by atoms with E-state index in [9.17, 15) is 0 Å². The van der Waals surface area contributed by atoms with Crippen LogP contribution in [0.5, 0.6) is 0 Å². The third-order valence-corrected chi connectivity index (χ3v) is 2.77. The van der Waals surface area contributed by atoms with Crippen LogP contribution in [-0.4, -0.2) is 17.6 Å². The van der Waals surface area contributed by atoms with Crippen LogP contribution in [0.2, 0.25) is 0 Å². The first-order valence-corrected chi connectivity index (χ1v) is 4.95. The number of hydrogen-bond donors (Lipinski definition) is 1. The van der Waals surface area contributed by atoms with E-state index in [0.29, 0.717) is 6.04 Å². The van der Waals surface area contributed by atoms with Crippen molar-refractivity contribution in [3.05, 3.63) is 23.5 Å². The van der Waals surface area contributed by atoms with Gasteiger partial charge in [-0.25, -0.2) is 0 Å². The Labute approximate surface area is 81.3 Å². The third kappa shape index (κ3) is 1.87. The lowest BCUT2D eigenvalue weighted by Gasteiger charge is -2.25. The van der Waals surface area contributed by atoms with E-state index in [4.69, 9.17) is 0 Å². The maximum atomic E-state index is 3.96. The molecule has 1 heterocycles. The summed E-state index contributed by atoms with van der Waals surface area (Å²) >= 11 is 0. The number of rotatable bonds is 3. The van der Waals surface area contributed by atoms with Crippen molar-refractivity contribution in [2.24, 2.45) is 0 Å². The molecule has 0 aromatic carbocycles. The minimum absolute atomic E-state index is 0.615. The van der Waals surface area contributed by atoms with Crippen molar-refractivity contribution >= 4 is 0 Å². The zero-order valence-corrected chi connectivity index (χ0v) is 9.15. The molecule has 0 saturated carbocycles. The first-order valence-electron chi connectivity index (χ1n) is 4.95. The molecule has 1 unspecified atom stereocenters. The summed E-state index contributed by atoms with van der Waals surface area (Å²) in [5, 5.41) is 3.38. The molecule has 1 aliphatic heterocycles. The van der Waals surface area contributed by atoms with Gasteiger partial charge in [0, 0.05) is 11.7 Å². The van der Waals surface area contributed by atoms with Crippen LogP contribution >= 0.6 is 0 Å². The molecule has 2 heteroatoms. The Bertz CT molecular complexity index is 240. The van der Waals surface area contributed by atoms with Crippen LogP contribution in [0.1, 0.15) is 34.1 Å². The average molecular weight is 180 g/mol.